The van der Waals surface area contributed by atoms with E-state index in [2.05, 4.69) is 27.6 Å². The fourth-order valence-corrected chi connectivity index (χ4v) is 2.30. The SMILES string of the molecule is CCN1CCC(CNc2nc(NN)c(F)cc2F)C1. The van der Waals surface area contributed by atoms with E-state index < -0.39 is 11.6 Å². The van der Waals surface area contributed by atoms with Crippen molar-refractivity contribution in [1.29, 1.82) is 0 Å². The summed E-state index contributed by atoms with van der Waals surface area (Å²) in [5.41, 5.74) is 2.11. The zero-order valence-electron chi connectivity index (χ0n) is 10.9. The molecule has 1 saturated heterocycles. The lowest BCUT2D eigenvalue weighted by Gasteiger charge is -2.15. The summed E-state index contributed by atoms with van der Waals surface area (Å²) in [6, 6.07) is 0.775. The van der Waals surface area contributed by atoms with E-state index in [1.807, 2.05) is 0 Å². The molecule has 1 aromatic rings. The van der Waals surface area contributed by atoms with Crippen LogP contribution in [-0.4, -0.2) is 36.1 Å². The molecule has 1 aliphatic rings. The summed E-state index contributed by atoms with van der Waals surface area (Å²) < 4.78 is 26.7. The van der Waals surface area contributed by atoms with E-state index in [1.54, 1.807) is 0 Å². The molecule has 1 aromatic heterocycles. The van der Waals surface area contributed by atoms with Gasteiger partial charge in [0.1, 0.15) is 0 Å². The van der Waals surface area contributed by atoms with Crippen LogP contribution in [0.4, 0.5) is 20.4 Å². The molecule has 7 heteroatoms. The summed E-state index contributed by atoms with van der Waals surface area (Å²) in [6.45, 7) is 5.83. The molecule has 0 saturated carbocycles. The Hall–Kier alpha value is -1.47. The molecule has 1 unspecified atom stereocenters. The first kappa shape index (κ1) is 14.0. The number of likely N-dealkylation sites (tertiary alicyclic amines) is 1. The molecule has 5 nitrogen and oxygen atoms in total. The number of nitrogen functional groups attached to an aromatic ring is 1. The van der Waals surface area contributed by atoms with E-state index >= 15 is 0 Å². The van der Waals surface area contributed by atoms with Gasteiger partial charge in [-0.1, -0.05) is 6.92 Å². The average molecular weight is 271 g/mol. The average Bonchev–Trinajstić information content (AvgIpc) is 2.86. The summed E-state index contributed by atoms with van der Waals surface area (Å²) >= 11 is 0. The van der Waals surface area contributed by atoms with E-state index in [0.29, 0.717) is 12.5 Å². The third kappa shape index (κ3) is 3.30. The van der Waals surface area contributed by atoms with Crippen molar-refractivity contribution in [2.45, 2.75) is 13.3 Å². The summed E-state index contributed by atoms with van der Waals surface area (Å²) in [5.74, 6) is 3.93. The fraction of sp³-hybridized carbons (Fsp3) is 0.583. The van der Waals surface area contributed by atoms with Crippen LogP contribution < -0.4 is 16.6 Å². The van der Waals surface area contributed by atoms with Gasteiger partial charge in [-0.15, -0.1) is 0 Å². The molecule has 0 aromatic carbocycles. The van der Waals surface area contributed by atoms with Crippen molar-refractivity contribution in [2.75, 3.05) is 36.9 Å². The zero-order valence-corrected chi connectivity index (χ0v) is 10.9. The lowest BCUT2D eigenvalue weighted by Crippen LogP contribution is -2.23. The highest BCUT2D eigenvalue weighted by Crippen LogP contribution is 2.20. The lowest BCUT2D eigenvalue weighted by molar-refractivity contribution is 0.345. The number of aromatic nitrogens is 1. The fourth-order valence-electron chi connectivity index (χ4n) is 2.30. The number of rotatable bonds is 5. The van der Waals surface area contributed by atoms with Gasteiger partial charge in [-0.3, -0.25) is 0 Å². The van der Waals surface area contributed by atoms with Gasteiger partial charge in [0, 0.05) is 19.2 Å². The van der Waals surface area contributed by atoms with Gasteiger partial charge >= 0.3 is 0 Å². The monoisotopic (exact) mass is 271 g/mol. The third-order valence-corrected chi connectivity index (χ3v) is 3.44. The van der Waals surface area contributed by atoms with E-state index in [4.69, 9.17) is 5.84 Å². The number of hydrogen-bond donors (Lipinski definition) is 3. The minimum Gasteiger partial charge on any atom is -0.367 e. The second-order valence-corrected chi connectivity index (χ2v) is 4.72. The van der Waals surface area contributed by atoms with E-state index in [-0.39, 0.29) is 11.6 Å². The van der Waals surface area contributed by atoms with Crippen LogP contribution in [0.3, 0.4) is 0 Å². The lowest BCUT2D eigenvalue weighted by atomic mass is 10.1. The predicted molar refractivity (Wildman–Crippen MR) is 70.7 cm³/mol. The van der Waals surface area contributed by atoms with Crippen LogP contribution in [0.1, 0.15) is 13.3 Å². The van der Waals surface area contributed by atoms with Crippen molar-refractivity contribution < 1.29 is 8.78 Å². The maximum Gasteiger partial charge on any atom is 0.178 e. The van der Waals surface area contributed by atoms with Gasteiger partial charge in [0.2, 0.25) is 0 Å². The van der Waals surface area contributed by atoms with Gasteiger partial charge in [-0.2, -0.15) is 0 Å². The second kappa shape index (κ2) is 6.12. The predicted octanol–water partition coefficient (Wildman–Crippen LogP) is 1.40. The minimum atomic E-state index is -0.802. The van der Waals surface area contributed by atoms with Crippen molar-refractivity contribution in [2.24, 2.45) is 11.8 Å². The molecular formula is C12H19F2N5. The maximum absolute atomic E-state index is 13.5. The molecule has 19 heavy (non-hydrogen) atoms. The summed E-state index contributed by atoms with van der Waals surface area (Å²) in [7, 11) is 0. The molecule has 1 atom stereocenters. The number of hydrazine groups is 1. The van der Waals surface area contributed by atoms with Crippen molar-refractivity contribution in [1.82, 2.24) is 9.88 Å². The smallest absolute Gasteiger partial charge is 0.178 e. The van der Waals surface area contributed by atoms with Crippen LogP contribution in [0.25, 0.3) is 0 Å². The second-order valence-electron chi connectivity index (χ2n) is 4.72. The Bertz CT molecular complexity index is 440. The van der Waals surface area contributed by atoms with Gasteiger partial charge in [0.15, 0.2) is 23.3 Å². The van der Waals surface area contributed by atoms with Gasteiger partial charge in [-0.05, 0) is 25.4 Å². The Kier molecular flexibility index (Phi) is 4.49. The van der Waals surface area contributed by atoms with Crippen LogP contribution in [0.5, 0.6) is 0 Å². The molecule has 4 N–H and O–H groups in total. The Morgan fingerprint density at radius 1 is 1.42 bits per heavy atom. The number of nitrogens with one attached hydrogen (secondary N) is 2. The van der Waals surface area contributed by atoms with Crippen LogP contribution in [0.2, 0.25) is 0 Å². The molecular weight excluding hydrogens is 252 g/mol. The number of pyridine rings is 1. The Balaban J connectivity index is 1.96. The van der Waals surface area contributed by atoms with Crippen LogP contribution >= 0.6 is 0 Å². The van der Waals surface area contributed by atoms with E-state index in [1.165, 1.54) is 0 Å². The molecule has 1 aliphatic heterocycles. The highest BCUT2D eigenvalue weighted by molar-refractivity contribution is 5.46. The Morgan fingerprint density at radius 3 is 2.79 bits per heavy atom. The summed E-state index contributed by atoms with van der Waals surface area (Å²) in [4.78, 5) is 6.12. The van der Waals surface area contributed by atoms with Gasteiger partial charge in [-0.25, -0.2) is 19.6 Å². The zero-order chi connectivity index (χ0) is 13.8. The van der Waals surface area contributed by atoms with E-state index in [9.17, 15) is 8.78 Å². The molecule has 1 fully saturated rings. The first-order valence-electron chi connectivity index (χ1n) is 6.43. The van der Waals surface area contributed by atoms with Gasteiger partial charge in [0.25, 0.3) is 0 Å². The maximum atomic E-state index is 13.5. The molecule has 0 spiro atoms. The Labute approximate surface area is 111 Å². The van der Waals surface area contributed by atoms with Crippen molar-refractivity contribution in [3.8, 4) is 0 Å². The largest absolute Gasteiger partial charge is 0.367 e. The van der Waals surface area contributed by atoms with Crippen LogP contribution in [0.15, 0.2) is 6.07 Å². The number of nitrogens with two attached hydrogens (primary N) is 1. The quantitative estimate of drug-likeness (QED) is 0.558. The van der Waals surface area contributed by atoms with Crippen LogP contribution in [-0.2, 0) is 0 Å². The van der Waals surface area contributed by atoms with Crippen molar-refractivity contribution in [3.63, 3.8) is 0 Å². The van der Waals surface area contributed by atoms with Gasteiger partial charge < -0.3 is 15.6 Å². The number of hydrogen-bond acceptors (Lipinski definition) is 5. The molecule has 0 aliphatic carbocycles. The molecule has 0 amide bonds. The van der Waals surface area contributed by atoms with E-state index in [0.717, 1.165) is 32.1 Å². The van der Waals surface area contributed by atoms with Crippen molar-refractivity contribution in [3.05, 3.63) is 17.7 Å². The van der Waals surface area contributed by atoms with Gasteiger partial charge in [0.05, 0.1) is 0 Å². The first-order chi connectivity index (χ1) is 9.13. The summed E-state index contributed by atoms with van der Waals surface area (Å²) in [6.07, 6.45) is 1.08. The molecule has 2 rings (SSSR count). The first-order valence-corrected chi connectivity index (χ1v) is 6.43. The molecule has 0 radical (unpaired) electrons. The number of anilines is 2. The molecule has 106 valence electrons. The standard InChI is InChI=1S/C12H19F2N5/c1-2-19-4-3-8(7-19)6-16-11-9(13)5-10(14)12(17-11)18-15/h5,8H,2-4,6-7,15H2,1H3,(H2,16,17,18). The van der Waals surface area contributed by atoms with Crippen molar-refractivity contribution >= 4 is 11.6 Å². The highest BCUT2D eigenvalue weighted by atomic mass is 19.1. The molecule has 2 heterocycles. The minimum absolute atomic E-state index is 0.0318. The number of halogens is 2. The van der Waals surface area contributed by atoms with Crippen LogP contribution in [0, 0.1) is 17.6 Å². The third-order valence-electron chi connectivity index (χ3n) is 3.44. The summed E-state index contributed by atoms with van der Waals surface area (Å²) in [5, 5.41) is 2.93. The topological polar surface area (TPSA) is 66.2 Å². The Morgan fingerprint density at radius 2 is 2.16 bits per heavy atom. The highest BCUT2D eigenvalue weighted by Gasteiger charge is 2.21. The number of nitrogens with zero attached hydrogens (tertiary/aromatic N) is 2. The normalized spacial score (nSPS) is 19.7. The molecule has 0 bridgehead atoms.